The van der Waals surface area contributed by atoms with Crippen molar-refractivity contribution >= 4 is 17.3 Å². The molecule has 0 saturated heterocycles. The van der Waals surface area contributed by atoms with Gasteiger partial charge in [-0.05, 0) is 36.2 Å². The van der Waals surface area contributed by atoms with Crippen molar-refractivity contribution in [3.8, 4) is 11.5 Å². The van der Waals surface area contributed by atoms with Crippen molar-refractivity contribution in [1.29, 1.82) is 0 Å². The van der Waals surface area contributed by atoms with E-state index in [2.05, 4.69) is 5.32 Å². The van der Waals surface area contributed by atoms with Gasteiger partial charge in [0.2, 0.25) is 0 Å². The first-order valence-electron chi connectivity index (χ1n) is 5.96. The number of aromatic hydroxyl groups is 1. The number of para-hydroxylation sites is 1. The highest BCUT2D eigenvalue weighted by atomic mass is 35.5. The maximum atomic E-state index is 9.72. The van der Waals surface area contributed by atoms with Crippen LogP contribution in [0.1, 0.15) is 11.1 Å². The molecule has 3 nitrogen and oxygen atoms in total. The van der Waals surface area contributed by atoms with Crippen LogP contribution in [0.2, 0.25) is 5.02 Å². The number of rotatable bonds is 4. The minimum atomic E-state index is 0.137. The van der Waals surface area contributed by atoms with Gasteiger partial charge in [-0.15, -0.1) is 0 Å². The lowest BCUT2D eigenvalue weighted by Gasteiger charge is -2.12. The molecule has 0 radical (unpaired) electrons. The fraction of sp³-hybridized carbons (Fsp3) is 0.200. The van der Waals surface area contributed by atoms with Crippen LogP contribution in [-0.4, -0.2) is 12.2 Å². The van der Waals surface area contributed by atoms with Crippen molar-refractivity contribution in [2.24, 2.45) is 0 Å². The molecule has 19 heavy (non-hydrogen) atoms. The van der Waals surface area contributed by atoms with Crippen molar-refractivity contribution in [1.82, 2.24) is 0 Å². The number of hydrogen-bond donors (Lipinski definition) is 2. The Kier molecular flexibility index (Phi) is 4.17. The zero-order valence-corrected chi connectivity index (χ0v) is 11.7. The number of nitrogens with one attached hydrogen (secondary N) is 1. The van der Waals surface area contributed by atoms with Gasteiger partial charge >= 0.3 is 0 Å². The van der Waals surface area contributed by atoms with E-state index in [0.717, 1.165) is 16.8 Å². The number of benzene rings is 2. The molecule has 0 atom stereocenters. The zero-order valence-electron chi connectivity index (χ0n) is 10.9. The number of methoxy groups -OCH3 is 1. The van der Waals surface area contributed by atoms with Gasteiger partial charge in [-0.1, -0.05) is 29.8 Å². The molecule has 0 saturated carbocycles. The maximum absolute atomic E-state index is 9.72. The van der Waals surface area contributed by atoms with Crippen LogP contribution in [0.5, 0.6) is 11.5 Å². The third-order valence-corrected chi connectivity index (χ3v) is 3.25. The van der Waals surface area contributed by atoms with Crippen molar-refractivity contribution in [3.05, 3.63) is 52.5 Å². The summed E-state index contributed by atoms with van der Waals surface area (Å²) in [5.41, 5.74) is 2.96. The number of anilines is 1. The van der Waals surface area contributed by atoms with Crippen LogP contribution in [0.25, 0.3) is 0 Å². The molecule has 2 rings (SSSR count). The molecule has 0 fully saturated rings. The second-order valence-electron chi connectivity index (χ2n) is 4.29. The molecule has 0 heterocycles. The minimum absolute atomic E-state index is 0.137. The molecule has 0 unspecified atom stereocenters. The molecule has 0 aliphatic carbocycles. The molecular weight excluding hydrogens is 262 g/mol. The third kappa shape index (κ3) is 3.12. The summed E-state index contributed by atoms with van der Waals surface area (Å²) in [6.07, 6.45) is 0. The van der Waals surface area contributed by atoms with Gasteiger partial charge in [-0.25, -0.2) is 0 Å². The van der Waals surface area contributed by atoms with Crippen molar-refractivity contribution in [3.63, 3.8) is 0 Å². The van der Waals surface area contributed by atoms with Crippen LogP contribution in [-0.2, 0) is 6.54 Å². The Labute approximate surface area is 117 Å². The lowest BCUT2D eigenvalue weighted by molar-refractivity contribution is 0.373. The summed E-state index contributed by atoms with van der Waals surface area (Å²) >= 11 is 6.14. The molecule has 2 aromatic carbocycles. The largest absolute Gasteiger partial charge is 0.504 e. The quantitative estimate of drug-likeness (QED) is 0.888. The second kappa shape index (κ2) is 5.85. The van der Waals surface area contributed by atoms with Gasteiger partial charge < -0.3 is 15.2 Å². The number of ether oxygens (including phenoxy) is 1. The van der Waals surface area contributed by atoms with E-state index < -0.39 is 0 Å². The van der Waals surface area contributed by atoms with Crippen LogP contribution in [0, 0.1) is 6.92 Å². The Morgan fingerprint density at radius 2 is 2.05 bits per heavy atom. The molecular formula is C15H16ClNO2. The van der Waals surface area contributed by atoms with Gasteiger partial charge in [-0.2, -0.15) is 0 Å². The van der Waals surface area contributed by atoms with Crippen molar-refractivity contribution in [2.45, 2.75) is 13.5 Å². The maximum Gasteiger partial charge on any atom is 0.160 e. The van der Waals surface area contributed by atoms with Crippen LogP contribution in [0.15, 0.2) is 36.4 Å². The first-order chi connectivity index (χ1) is 9.11. The minimum Gasteiger partial charge on any atom is -0.504 e. The Hall–Kier alpha value is -1.87. The molecule has 100 valence electrons. The summed E-state index contributed by atoms with van der Waals surface area (Å²) in [5.74, 6) is 0.607. The fourth-order valence-electron chi connectivity index (χ4n) is 1.89. The third-order valence-electron chi connectivity index (χ3n) is 2.93. The number of hydrogen-bond acceptors (Lipinski definition) is 3. The summed E-state index contributed by atoms with van der Waals surface area (Å²) in [4.78, 5) is 0. The molecule has 0 aromatic heterocycles. The summed E-state index contributed by atoms with van der Waals surface area (Å²) in [6, 6.07) is 11.1. The highest BCUT2D eigenvalue weighted by Crippen LogP contribution is 2.28. The van der Waals surface area contributed by atoms with E-state index in [1.165, 1.54) is 7.11 Å². The predicted octanol–water partition coefficient (Wildman–Crippen LogP) is 3.97. The van der Waals surface area contributed by atoms with Crippen molar-refractivity contribution < 1.29 is 9.84 Å². The highest BCUT2D eigenvalue weighted by Gasteiger charge is 2.05. The molecule has 2 aromatic rings. The van der Waals surface area contributed by atoms with Crippen LogP contribution < -0.4 is 10.1 Å². The second-order valence-corrected chi connectivity index (χ2v) is 4.70. The summed E-state index contributed by atoms with van der Waals surface area (Å²) in [7, 11) is 1.53. The first kappa shape index (κ1) is 13.6. The SMILES string of the molecule is COc1ccc(CNc2c(C)cccc2Cl)cc1O. The molecule has 2 N–H and O–H groups in total. The summed E-state index contributed by atoms with van der Waals surface area (Å²) < 4.78 is 5.01. The number of halogens is 1. The molecule has 0 amide bonds. The fourth-order valence-corrected chi connectivity index (χ4v) is 2.18. The average molecular weight is 278 g/mol. The van der Waals surface area contributed by atoms with Crippen LogP contribution >= 0.6 is 11.6 Å². The number of phenols is 1. The van der Waals surface area contributed by atoms with E-state index in [0.29, 0.717) is 17.3 Å². The molecule has 0 aliphatic rings. The lowest BCUT2D eigenvalue weighted by atomic mass is 10.1. The van der Waals surface area contributed by atoms with Gasteiger partial charge in [0.15, 0.2) is 11.5 Å². The Morgan fingerprint density at radius 3 is 2.68 bits per heavy atom. The smallest absolute Gasteiger partial charge is 0.160 e. The molecule has 0 bridgehead atoms. The normalized spacial score (nSPS) is 10.3. The predicted molar refractivity (Wildman–Crippen MR) is 78.2 cm³/mol. The van der Waals surface area contributed by atoms with E-state index in [9.17, 15) is 5.11 Å². The van der Waals surface area contributed by atoms with Gasteiger partial charge in [-0.3, -0.25) is 0 Å². The molecule has 4 heteroatoms. The number of aryl methyl sites for hydroxylation is 1. The van der Waals surface area contributed by atoms with Crippen molar-refractivity contribution in [2.75, 3.05) is 12.4 Å². The van der Waals surface area contributed by atoms with Gasteiger partial charge in [0.1, 0.15) is 0 Å². The van der Waals surface area contributed by atoms with Gasteiger partial charge in [0.25, 0.3) is 0 Å². The van der Waals surface area contributed by atoms with E-state index in [1.54, 1.807) is 12.1 Å². The molecule has 0 spiro atoms. The van der Waals surface area contributed by atoms with E-state index in [-0.39, 0.29) is 5.75 Å². The van der Waals surface area contributed by atoms with Gasteiger partial charge in [0.05, 0.1) is 17.8 Å². The van der Waals surface area contributed by atoms with E-state index in [1.807, 2.05) is 31.2 Å². The summed E-state index contributed by atoms with van der Waals surface area (Å²) in [5, 5.41) is 13.7. The van der Waals surface area contributed by atoms with E-state index >= 15 is 0 Å². The zero-order chi connectivity index (χ0) is 13.8. The van der Waals surface area contributed by atoms with E-state index in [4.69, 9.17) is 16.3 Å². The molecule has 0 aliphatic heterocycles. The van der Waals surface area contributed by atoms with Gasteiger partial charge in [0, 0.05) is 6.54 Å². The Bertz CT molecular complexity index is 564. The monoisotopic (exact) mass is 277 g/mol. The highest BCUT2D eigenvalue weighted by molar-refractivity contribution is 6.33. The lowest BCUT2D eigenvalue weighted by Crippen LogP contribution is -2.01. The van der Waals surface area contributed by atoms with Crippen LogP contribution in [0.3, 0.4) is 0 Å². The number of phenolic OH excluding ortho intramolecular Hbond substituents is 1. The standard InChI is InChI=1S/C15H16ClNO2/c1-10-4-3-5-12(16)15(10)17-9-11-6-7-14(19-2)13(18)8-11/h3-8,17-18H,9H2,1-2H3. The van der Waals surface area contributed by atoms with Crippen LogP contribution in [0.4, 0.5) is 5.69 Å². The Balaban J connectivity index is 2.13. The average Bonchev–Trinajstić information content (AvgIpc) is 2.38. The first-order valence-corrected chi connectivity index (χ1v) is 6.34. The topological polar surface area (TPSA) is 41.5 Å². The Morgan fingerprint density at radius 1 is 1.26 bits per heavy atom. The summed E-state index contributed by atoms with van der Waals surface area (Å²) in [6.45, 7) is 2.59.